The van der Waals surface area contributed by atoms with E-state index in [1.54, 1.807) is 0 Å². The largest absolute Gasteiger partial charge is 0.371 e. The van der Waals surface area contributed by atoms with E-state index in [1.807, 2.05) is 0 Å². The van der Waals surface area contributed by atoms with Crippen molar-refractivity contribution in [3.8, 4) is 0 Å². The highest BCUT2D eigenvalue weighted by Crippen LogP contribution is 2.40. The Morgan fingerprint density at radius 1 is 1.19 bits per heavy atom. The van der Waals surface area contributed by atoms with Crippen LogP contribution in [-0.4, -0.2) is 36.2 Å². The molecular formula is C20H17F3N4O4. The number of fused-ring (bicyclic) bond motifs is 1. The summed E-state index contributed by atoms with van der Waals surface area (Å²) >= 11 is 0. The quantitative estimate of drug-likeness (QED) is 0.653. The number of hydrogen-bond donors (Lipinski definition) is 2. The van der Waals surface area contributed by atoms with E-state index in [1.165, 1.54) is 19.9 Å². The Kier molecular flexibility index (Phi) is 4.73. The summed E-state index contributed by atoms with van der Waals surface area (Å²) in [4.78, 5) is 45.6. The first-order valence-corrected chi connectivity index (χ1v) is 9.32. The minimum atomic E-state index is -1.88. The van der Waals surface area contributed by atoms with E-state index in [2.05, 4.69) is 9.97 Å². The summed E-state index contributed by atoms with van der Waals surface area (Å²) in [5.74, 6) is -3.48. The van der Waals surface area contributed by atoms with Crippen molar-refractivity contribution in [2.24, 2.45) is 0 Å². The number of benzene rings is 1. The number of rotatable bonds is 3. The Hall–Kier alpha value is -3.47. The molecule has 1 aromatic carbocycles. The molecule has 1 fully saturated rings. The van der Waals surface area contributed by atoms with Crippen LogP contribution in [0, 0.1) is 17.5 Å². The molecule has 2 N–H and O–H groups in total. The number of H-pyrrole nitrogens is 1. The predicted octanol–water partition coefficient (Wildman–Crippen LogP) is 1.75. The maximum Gasteiger partial charge on any atom is 0.329 e. The summed E-state index contributed by atoms with van der Waals surface area (Å²) in [6.45, 7) is 2.64. The molecule has 31 heavy (non-hydrogen) atoms. The summed E-state index contributed by atoms with van der Waals surface area (Å²) in [6, 6.07) is 1.26. The summed E-state index contributed by atoms with van der Waals surface area (Å²) in [5, 5.41) is 10.7. The standard InChI is InChI=1S/C20H17F3N4O4/c1-9(16-13(23)6-11(22)8-24-16)27-18(29)15(7-20(27,2)31)26-17(28)12-5-10(21)3-4-14(12)25-19(26)30/h3-6,8-9,15,31H,7H2,1-2H3,(H,25,30)/t9?,15-,20?/m0/s1. The molecule has 3 aromatic rings. The van der Waals surface area contributed by atoms with E-state index in [9.17, 15) is 32.7 Å². The van der Waals surface area contributed by atoms with E-state index in [-0.39, 0.29) is 23.0 Å². The van der Waals surface area contributed by atoms with Crippen LogP contribution in [0.25, 0.3) is 10.9 Å². The molecule has 0 bridgehead atoms. The fourth-order valence-electron chi connectivity index (χ4n) is 4.10. The average molecular weight is 434 g/mol. The van der Waals surface area contributed by atoms with Gasteiger partial charge in [0.25, 0.3) is 5.56 Å². The van der Waals surface area contributed by atoms with Crippen LogP contribution in [0.4, 0.5) is 13.2 Å². The molecule has 8 nitrogen and oxygen atoms in total. The van der Waals surface area contributed by atoms with Crippen molar-refractivity contribution in [1.82, 2.24) is 19.4 Å². The number of amides is 1. The van der Waals surface area contributed by atoms with Gasteiger partial charge in [0.05, 0.1) is 28.8 Å². The average Bonchev–Trinajstić information content (AvgIpc) is 2.91. The van der Waals surface area contributed by atoms with E-state index in [0.717, 1.165) is 23.2 Å². The van der Waals surface area contributed by atoms with Crippen LogP contribution in [0.2, 0.25) is 0 Å². The van der Waals surface area contributed by atoms with Gasteiger partial charge in [-0.25, -0.2) is 22.5 Å². The maximum atomic E-state index is 14.2. The number of hydrogen-bond acceptors (Lipinski definition) is 5. The molecule has 1 saturated heterocycles. The Bertz CT molecular complexity index is 1330. The summed E-state index contributed by atoms with van der Waals surface area (Å²) in [5.41, 5.74) is -3.91. The van der Waals surface area contributed by atoms with Gasteiger partial charge >= 0.3 is 5.69 Å². The minimum Gasteiger partial charge on any atom is -0.371 e. The third-order valence-electron chi connectivity index (χ3n) is 5.44. The van der Waals surface area contributed by atoms with Gasteiger partial charge in [0.15, 0.2) is 0 Å². The number of aromatic amines is 1. The second kappa shape index (κ2) is 7.05. The molecule has 1 aliphatic heterocycles. The normalized spacial score (nSPS) is 22.3. The van der Waals surface area contributed by atoms with Crippen LogP contribution in [0.5, 0.6) is 0 Å². The third kappa shape index (κ3) is 3.30. The lowest BCUT2D eigenvalue weighted by Crippen LogP contribution is -2.46. The van der Waals surface area contributed by atoms with Crippen molar-refractivity contribution >= 4 is 16.8 Å². The highest BCUT2D eigenvalue weighted by Gasteiger charge is 2.51. The van der Waals surface area contributed by atoms with Crippen molar-refractivity contribution in [3.05, 3.63) is 74.4 Å². The summed E-state index contributed by atoms with van der Waals surface area (Å²) in [6.07, 6.45) is 0.400. The molecule has 162 valence electrons. The number of likely N-dealkylation sites (tertiary alicyclic amines) is 1. The van der Waals surface area contributed by atoms with Crippen LogP contribution in [0.15, 0.2) is 40.1 Å². The fraction of sp³-hybridized carbons (Fsp3) is 0.300. The molecule has 4 rings (SSSR count). The zero-order valence-corrected chi connectivity index (χ0v) is 16.4. The monoisotopic (exact) mass is 434 g/mol. The van der Waals surface area contributed by atoms with Gasteiger partial charge in [-0.3, -0.25) is 14.6 Å². The highest BCUT2D eigenvalue weighted by atomic mass is 19.1. The zero-order chi connectivity index (χ0) is 22.7. The SMILES string of the molecule is CC(c1ncc(F)cc1F)N1C(=O)[C@@H](n2c(=O)[nH]c3ccc(F)cc3c2=O)CC1(C)O. The van der Waals surface area contributed by atoms with Crippen LogP contribution >= 0.6 is 0 Å². The number of carbonyl (C=O) groups is 1. The first-order chi connectivity index (χ1) is 14.5. The number of carbonyl (C=O) groups excluding carboxylic acids is 1. The highest BCUT2D eigenvalue weighted by molar-refractivity contribution is 5.85. The van der Waals surface area contributed by atoms with Crippen molar-refractivity contribution in [2.45, 2.75) is 38.1 Å². The lowest BCUT2D eigenvalue weighted by Gasteiger charge is -2.34. The van der Waals surface area contributed by atoms with Crippen molar-refractivity contribution in [1.29, 1.82) is 0 Å². The zero-order valence-electron chi connectivity index (χ0n) is 16.4. The molecule has 1 amide bonds. The van der Waals surface area contributed by atoms with Gasteiger partial charge < -0.3 is 15.0 Å². The predicted molar refractivity (Wildman–Crippen MR) is 102 cm³/mol. The van der Waals surface area contributed by atoms with Gasteiger partial charge in [-0.2, -0.15) is 0 Å². The van der Waals surface area contributed by atoms with Gasteiger partial charge in [-0.05, 0) is 32.0 Å². The van der Waals surface area contributed by atoms with Crippen LogP contribution < -0.4 is 11.2 Å². The molecule has 0 aliphatic carbocycles. The molecule has 3 atom stereocenters. The van der Waals surface area contributed by atoms with Gasteiger partial charge in [0.2, 0.25) is 5.91 Å². The van der Waals surface area contributed by atoms with Crippen molar-refractivity contribution < 1.29 is 23.1 Å². The maximum absolute atomic E-state index is 14.2. The molecule has 0 spiro atoms. The Morgan fingerprint density at radius 2 is 1.90 bits per heavy atom. The molecule has 1 aliphatic rings. The summed E-state index contributed by atoms with van der Waals surface area (Å²) < 4.78 is 41.7. The first-order valence-electron chi connectivity index (χ1n) is 9.32. The number of nitrogens with one attached hydrogen (secondary N) is 1. The van der Waals surface area contributed by atoms with E-state index in [0.29, 0.717) is 10.6 Å². The fourth-order valence-corrected chi connectivity index (χ4v) is 4.10. The second-order valence-electron chi connectivity index (χ2n) is 7.64. The molecule has 3 heterocycles. The number of aromatic nitrogens is 3. The van der Waals surface area contributed by atoms with Crippen molar-refractivity contribution in [3.63, 3.8) is 0 Å². The Labute approximate surface area is 172 Å². The van der Waals surface area contributed by atoms with Crippen LogP contribution in [-0.2, 0) is 4.79 Å². The molecular weight excluding hydrogens is 417 g/mol. The molecule has 2 aromatic heterocycles. The Morgan fingerprint density at radius 3 is 2.58 bits per heavy atom. The number of pyridine rings is 1. The molecule has 0 radical (unpaired) electrons. The van der Waals surface area contributed by atoms with Crippen molar-refractivity contribution in [2.75, 3.05) is 0 Å². The van der Waals surface area contributed by atoms with Gasteiger partial charge in [-0.1, -0.05) is 0 Å². The molecule has 2 unspecified atom stereocenters. The Balaban J connectivity index is 1.82. The van der Waals surface area contributed by atoms with E-state index >= 15 is 0 Å². The van der Waals surface area contributed by atoms with Crippen LogP contribution in [0.3, 0.4) is 0 Å². The number of aliphatic hydroxyl groups is 1. The second-order valence-corrected chi connectivity index (χ2v) is 7.64. The topological polar surface area (TPSA) is 108 Å². The van der Waals surface area contributed by atoms with E-state index < -0.39 is 52.4 Å². The lowest BCUT2D eigenvalue weighted by molar-refractivity contribution is -0.149. The molecule has 11 heteroatoms. The molecule has 0 saturated carbocycles. The van der Waals surface area contributed by atoms with Crippen LogP contribution in [0.1, 0.15) is 38.0 Å². The van der Waals surface area contributed by atoms with Gasteiger partial charge in [0, 0.05) is 12.5 Å². The van der Waals surface area contributed by atoms with Gasteiger partial charge in [0.1, 0.15) is 29.2 Å². The first kappa shape index (κ1) is 20.8. The lowest BCUT2D eigenvalue weighted by atomic mass is 10.1. The summed E-state index contributed by atoms with van der Waals surface area (Å²) in [7, 11) is 0. The third-order valence-corrected chi connectivity index (χ3v) is 5.44. The number of halogens is 3. The smallest absolute Gasteiger partial charge is 0.329 e. The minimum absolute atomic E-state index is 0.0904. The number of nitrogens with zero attached hydrogens (tertiary/aromatic N) is 3. The van der Waals surface area contributed by atoms with Gasteiger partial charge in [-0.15, -0.1) is 0 Å². The van der Waals surface area contributed by atoms with E-state index in [4.69, 9.17) is 0 Å².